The number of amides is 2. The van der Waals surface area contributed by atoms with Gasteiger partial charge in [0.05, 0.1) is 25.4 Å². The molecule has 292 valence electrons. The molecule has 55 heavy (non-hydrogen) atoms. The number of Topliss-reactive ketones (excluding diaryl/α,β-unsaturated/α-hetero) is 1. The zero-order chi connectivity index (χ0) is 39.9. The maximum Gasteiger partial charge on any atom is 0.419 e. The summed E-state index contributed by atoms with van der Waals surface area (Å²) in [5, 5.41) is 2.72. The molecule has 5 rings (SSSR count). The summed E-state index contributed by atoms with van der Waals surface area (Å²) in [6.07, 6.45) is 4.82. The number of carbonyl (C=O) groups is 4. The van der Waals surface area contributed by atoms with E-state index >= 15 is 0 Å². The second-order valence-corrected chi connectivity index (χ2v) is 14.1. The van der Waals surface area contributed by atoms with Crippen molar-refractivity contribution in [1.82, 2.24) is 19.4 Å². The number of allylic oxidation sites excluding steroid dienone is 1. The molecule has 0 bridgehead atoms. The van der Waals surface area contributed by atoms with Crippen LogP contribution in [0.5, 0.6) is 5.75 Å². The quantitative estimate of drug-likeness (QED) is 0.154. The Labute approximate surface area is 315 Å². The Balaban J connectivity index is 1.42. The number of alkyl carbamates (subject to hydrolysis) is 1. The van der Waals surface area contributed by atoms with Crippen LogP contribution in [0.1, 0.15) is 63.3 Å². The van der Waals surface area contributed by atoms with E-state index in [1.165, 1.54) is 35.0 Å². The van der Waals surface area contributed by atoms with E-state index in [4.69, 9.17) is 14.2 Å². The van der Waals surface area contributed by atoms with E-state index in [2.05, 4.69) is 5.32 Å². The van der Waals surface area contributed by atoms with Gasteiger partial charge in [-0.1, -0.05) is 12.1 Å². The van der Waals surface area contributed by atoms with Gasteiger partial charge in [-0.25, -0.2) is 27.3 Å². The molecule has 15 heteroatoms. The molecule has 0 aliphatic carbocycles. The fraction of sp³-hybridized carbons (Fsp3) is 0.375. The number of rotatable bonds is 13. The highest BCUT2D eigenvalue weighted by atomic mass is 19.1. The number of carbonyl (C=O) groups excluding carboxylic acids is 4. The first-order chi connectivity index (χ1) is 26.1. The van der Waals surface area contributed by atoms with Crippen LogP contribution in [-0.2, 0) is 38.6 Å². The van der Waals surface area contributed by atoms with Crippen molar-refractivity contribution >= 4 is 34.8 Å². The number of ketones is 1. The van der Waals surface area contributed by atoms with Gasteiger partial charge < -0.3 is 29.0 Å². The predicted octanol–water partition coefficient (Wildman–Crippen LogP) is 6.43. The summed E-state index contributed by atoms with van der Waals surface area (Å²) in [7, 11) is 1.16. The number of likely N-dealkylation sites (tertiary alicyclic amines) is 1. The summed E-state index contributed by atoms with van der Waals surface area (Å²) in [6.45, 7) is 5.70. The number of ether oxygens (including phenoxy) is 3. The molecule has 1 aliphatic heterocycles. The summed E-state index contributed by atoms with van der Waals surface area (Å²) in [5.74, 6) is -3.11. The normalized spacial score (nSPS) is 13.6. The molecule has 3 heterocycles. The SMILES string of the molecule is COC(=O)N[C@@H](CC/C=C/C(=O)N1CCCC1)C(=O)Cc1cccn(Cc2cc3cc(F)cc(OCc4ccc(F)cc4F)c3n2C(=O)OC(C)(C)C)c1=O. The Morgan fingerprint density at radius 1 is 0.964 bits per heavy atom. The highest BCUT2D eigenvalue weighted by Crippen LogP contribution is 2.33. The number of fused-ring (bicyclic) bond motifs is 1. The molecule has 2 amide bonds. The predicted molar refractivity (Wildman–Crippen MR) is 196 cm³/mol. The first kappa shape index (κ1) is 40.3. The third-order valence-electron chi connectivity index (χ3n) is 8.84. The van der Waals surface area contributed by atoms with Crippen LogP contribution >= 0.6 is 0 Å². The first-order valence-electron chi connectivity index (χ1n) is 17.8. The van der Waals surface area contributed by atoms with Crippen LogP contribution in [0.4, 0.5) is 22.8 Å². The van der Waals surface area contributed by atoms with Gasteiger partial charge in [-0.3, -0.25) is 14.4 Å². The second-order valence-electron chi connectivity index (χ2n) is 14.1. The highest BCUT2D eigenvalue weighted by molar-refractivity contribution is 5.95. The van der Waals surface area contributed by atoms with E-state index in [9.17, 15) is 37.1 Å². The van der Waals surface area contributed by atoms with Gasteiger partial charge in [-0.2, -0.15) is 0 Å². The number of methoxy groups -OCH3 is 1. The lowest BCUT2D eigenvalue weighted by molar-refractivity contribution is -0.125. The zero-order valence-corrected chi connectivity index (χ0v) is 31.0. The average molecular weight is 765 g/mol. The van der Waals surface area contributed by atoms with Gasteiger partial charge in [0, 0.05) is 54.4 Å². The third-order valence-corrected chi connectivity index (χ3v) is 8.84. The molecule has 0 saturated carbocycles. The molecule has 1 N–H and O–H groups in total. The lowest BCUT2D eigenvalue weighted by atomic mass is 10.0. The molecule has 4 aromatic rings. The van der Waals surface area contributed by atoms with Crippen LogP contribution in [0.25, 0.3) is 10.9 Å². The minimum absolute atomic E-state index is 0.0135. The molecule has 0 unspecified atom stereocenters. The van der Waals surface area contributed by atoms with Crippen molar-refractivity contribution in [3.8, 4) is 5.75 Å². The zero-order valence-electron chi connectivity index (χ0n) is 31.0. The minimum Gasteiger partial charge on any atom is -0.486 e. The van der Waals surface area contributed by atoms with E-state index in [1.54, 1.807) is 37.8 Å². The standard InChI is InChI=1S/C40H43F3N4O8/c1-40(2,3)55-39(52)47-30(19-27-18-29(42)22-34(36(27)47)54-24-26-13-14-28(41)21-31(26)43)23-46-17-9-10-25(37(46)50)20-33(48)32(44-38(51)53-4)11-5-6-12-35(49)45-15-7-8-16-45/h6,9-10,12-14,17-19,21-22,32H,5,7-8,11,15-16,20,23-24H2,1-4H3,(H,44,51)/b12-6+/t32-/m0/s1. The number of nitrogens with one attached hydrogen (secondary N) is 1. The van der Waals surface area contributed by atoms with Crippen molar-refractivity contribution in [2.24, 2.45) is 0 Å². The van der Waals surface area contributed by atoms with E-state index in [0.717, 1.165) is 42.7 Å². The molecule has 12 nitrogen and oxygen atoms in total. The maximum atomic E-state index is 14.9. The maximum absolute atomic E-state index is 14.9. The smallest absolute Gasteiger partial charge is 0.419 e. The monoisotopic (exact) mass is 764 g/mol. The Hall–Kier alpha value is -5.86. The molecular formula is C40H43F3N4O8. The van der Waals surface area contributed by atoms with Crippen molar-refractivity contribution in [2.45, 2.75) is 77.7 Å². The second kappa shape index (κ2) is 17.5. The number of benzene rings is 2. The highest BCUT2D eigenvalue weighted by Gasteiger charge is 2.27. The summed E-state index contributed by atoms with van der Waals surface area (Å²) in [5.41, 5.74) is -1.17. The summed E-state index contributed by atoms with van der Waals surface area (Å²) in [4.78, 5) is 67.3. The fourth-order valence-electron chi connectivity index (χ4n) is 6.20. The number of nitrogens with zero attached hydrogens (tertiary/aromatic N) is 3. The van der Waals surface area contributed by atoms with E-state index in [1.807, 2.05) is 0 Å². The molecule has 1 atom stereocenters. The van der Waals surface area contributed by atoms with Crippen LogP contribution in [0.3, 0.4) is 0 Å². The van der Waals surface area contributed by atoms with E-state index in [0.29, 0.717) is 25.6 Å². The largest absolute Gasteiger partial charge is 0.486 e. The molecule has 2 aromatic carbocycles. The van der Waals surface area contributed by atoms with Gasteiger partial charge in [0.15, 0.2) is 5.78 Å². The van der Waals surface area contributed by atoms with Crippen molar-refractivity contribution in [3.63, 3.8) is 0 Å². The minimum atomic E-state index is -1.03. The van der Waals surface area contributed by atoms with Gasteiger partial charge in [0.1, 0.15) is 40.9 Å². The Morgan fingerprint density at radius 3 is 2.40 bits per heavy atom. The molecular weight excluding hydrogens is 721 g/mol. The van der Waals surface area contributed by atoms with Crippen molar-refractivity contribution in [2.75, 3.05) is 20.2 Å². The topological polar surface area (TPSA) is 138 Å². The average Bonchev–Trinajstić information content (AvgIpc) is 3.78. The van der Waals surface area contributed by atoms with E-state index < -0.39 is 59.2 Å². The number of pyridine rings is 1. The molecule has 0 radical (unpaired) electrons. The lowest BCUT2D eigenvalue weighted by Gasteiger charge is -2.22. The molecule has 0 spiro atoms. The van der Waals surface area contributed by atoms with E-state index in [-0.39, 0.29) is 58.8 Å². The Kier molecular flexibility index (Phi) is 12.8. The van der Waals surface area contributed by atoms with Crippen LogP contribution < -0.4 is 15.6 Å². The van der Waals surface area contributed by atoms with Gasteiger partial charge in [-0.05, 0) is 82.9 Å². The lowest BCUT2D eigenvalue weighted by Crippen LogP contribution is -2.42. The van der Waals surface area contributed by atoms with Crippen molar-refractivity contribution in [1.29, 1.82) is 0 Å². The molecule has 1 saturated heterocycles. The van der Waals surface area contributed by atoms with Gasteiger partial charge in [-0.15, -0.1) is 0 Å². The first-order valence-corrected chi connectivity index (χ1v) is 17.8. The fourth-order valence-corrected chi connectivity index (χ4v) is 6.20. The Bertz CT molecular complexity index is 2170. The van der Waals surface area contributed by atoms with Crippen LogP contribution in [-0.4, -0.2) is 69.8 Å². The number of hydrogen-bond acceptors (Lipinski definition) is 8. The number of aromatic nitrogens is 2. The number of halogens is 3. The van der Waals surface area contributed by atoms with Crippen LogP contribution in [0, 0.1) is 17.5 Å². The Morgan fingerprint density at radius 2 is 1.71 bits per heavy atom. The third kappa shape index (κ3) is 10.4. The summed E-state index contributed by atoms with van der Waals surface area (Å²) < 4.78 is 61.4. The number of hydrogen-bond donors (Lipinski definition) is 1. The van der Waals surface area contributed by atoms with Crippen LogP contribution in [0.15, 0.2) is 71.7 Å². The summed E-state index contributed by atoms with van der Waals surface area (Å²) in [6, 6.07) is 8.58. The van der Waals surface area contributed by atoms with Gasteiger partial charge >= 0.3 is 12.2 Å². The van der Waals surface area contributed by atoms with Gasteiger partial charge in [0.2, 0.25) is 5.91 Å². The van der Waals surface area contributed by atoms with Crippen molar-refractivity contribution in [3.05, 3.63) is 112 Å². The van der Waals surface area contributed by atoms with Crippen molar-refractivity contribution < 1.29 is 46.6 Å². The molecule has 2 aromatic heterocycles. The molecule has 1 aliphatic rings. The molecule has 1 fully saturated rings. The van der Waals surface area contributed by atoms with Crippen LogP contribution in [0.2, 0.25) is 0 Å². The summed E-state index contributed by atoms with van der Waals surface area (Å²) >= 11 is 0. The van der Waals surface area contributed by atoms with Gasteiger partial charge in [0.25, 0.3) is 5.56 Å².